The lowest BCUT2D eigenvalue weighted by molar-refractivity contribution is 0.902. The maximum atomic E-state index is 7.12. The topological polar surface area (TPSA) is 35.9 Å². The van der Waals surface area contributed by atoms with Crippen molar-refractivity contribution < 1.29 is 0 Å². The molecule has 0 aliphatic carbocycles. The van der Waals surface area contributed by atoms with Gasteiger partial charge in [0.05, 0.1) is 0 Å². The van der Waals surface area contributed by atoms with Gasteiger partial charge in [-0.25, -0.2) is 0 Å². The molecule has 0 radical (unpaired) electrons. The van der Waals surface area contributed by atoms with Crippen LogP contribution in [-0.2, 0) is 0 Å². The predicted molar refractivity (Wildman–Crippen MR) is 40.8 cm³/mol. The third-order valence-electron chi connectivity index (χ3n) is 1.09. The minimum atomic E-state index is 0.598. The Kier molecular flexibility index (Phi) is 3.76. The molecular weight excluding hydrogens is 112 g/mol. The number of hydrogen-bond acceptors (Lipinski definition) is 2. The molecule has 0 saturated carbocycles. The van der Waals surface area contributed by atoms with Crippen LogP contribution in [0.4, 0.5) is 0 Å². The highest BCUT2D eigenvalue weighted by molar-refractivity contribution is 5.90. The van der Waals surface area contributed by atoms with Crippen molar-refractivity contribution in [2.24, 2.45) is 0 Å². The van der Waals surface area contributed by atoms with Crippen LogP contribution in [0, 0.1) is 5.41 Å². The van der Waals surface area contributed by atoms with E-state index < -0.39 is 0 Å². The van der Waals surface area contributed by atoms with Gasteiger partial charge in [-0.3, -0.25) is 0 Å². The van der Waals surface area contributed by atoms with Gasteiger partial charge in [0.2, 0.25) is 0 Å². The van der Waals surface area contributed by atoms with Crippen molar-refractivity contribution in [2.45, 2.75) is 20.3 Å². The Labute approximate surface area is 56.5 Å². The Morgan fingerprint density at radius 2 is 2.22 bits per heavy atom. The van der Waals surface area contributed by atoms with E-state index in [-0.39, 0.29) is 0 Å². The summed E-state index contributed by atoms with van der Waals surface area (Å²) in [6, 6.07) is 0. The van der Waals surface area contributed by atoms with Gasteiger partial charge in [-0.15, -0.1) is 0 Å². The third-order valence-corrected chi connectivity index (χ3v) is 1.09. The molecule has 2 nitrogen and oxygen atoms in total. The Balaban J connectivity index is 3.91. The summed E-state index contributed by atoms with van der Waals surface area (Å²) in [4.78, 5) is 0. The van der Waals surface area contributed by atoms with Crippen molar-refractivity contribution in [1.82, 2.24) is 5.32 Å². The van der Waals surface area contributed by atoms with Crippen molar-refractivity contribution in [3.05, 3.63) is 11.8 Å². The van der Waals surface area contributed by atoms with Gasteiger partial charge in [-0.2, -0.15) is 0 Å². The Morgan fingerprint density at radius 3 is 2.33 bits per heavy atom. The summed E-state index contributed by atoms with van der Waals surface area (Å²) in [5.41, 5.74) is 1.71. The second kappa shape index (κ2) is 4.13. The highest BCUT2D eigenvalue weighted by atomic mass is 14.8. The van der Waals surface area contributed by atoms with Gasteiger partial charge >= 0.3 is 0 Å². The summed E-state index contributed by atoms with van der Waals surface area (Å²) in [5, 5.41) is 10.1. The quantitative estimate of drug-likeness (QED) is 0.553. The van der Waals surface area contributed by atoms with Crippen LogP contribution in [0.2, 0.25) is 0 Å². The molecule has 0 spiro atoms. The molecule has 0 fully saturated rings. The third kappa shape index (κ3) is 3.76. The lowest BCUT2D eigenvalue weighted by Crippen LogP contribution is -2.05. The normalized spacial score (nSPS) is 11.2. The molecule has 2 N–H and O–H groups in total. The molecule has 0 aromatic rings. The molecule has 0 atom stereocenters. The van der Waals surface area contributed by atoms with Crippen molar-refractivity contribution in [1.29, 1.82) is 5.41 Å². The Morgan fingerprint density at radius 1 is 1.67 bits per heavy atom. The molecule has 52 valence electrons. The fourth-order valence-electron chi connectivity index (χ4n) is 0.612. The van der Waals surface area contributed by atoms with Crippen LogP contribution in [0.15, 0.2) is 11.8 Å². The first kappa shape index (κ1) is 8.21. The van der Waals surface area contributed by atoms with E-state index in [1.54, 1.807) is 6.92 Å². The van der Waals surface area contributed by atoms with E-state index in [1.807, 2.05) is 13.1 Å². The fourth-order valence-corrected chi connectivity index (χ4v) is 0.612. The first-order valence-corrected chi connectivity index (χ1v) is 3.14. The Bertz CT molecular complexity index is 119. The largest absolute Gasteiger partial charge is 0.391 e. The van der Waals surface area contributed by atoms with E-state index in [9.17, 15) is 0 Å². The molecule has 0 heterocycles. The van der Waals surface area contributed by atoms with Crippen LogP contribution in [0.3, 0.4) is 0 Å². The summed E-state index contributed by atoms with van der Waals surface area (Å²) < 4.78 is 0. The highest BCUT2D eigenvalue weighted by Gasteiger charge is 1.87. The smallest absolute Gasteiger partial charge is 0.0300 e. The summed E-state index contributed by atoms with van der Waals surface area (Å²) >= 11 is 0. The molecular formula is C7H14N2. The zero-order chi connectivity index (χ0) is 7.28. The van der Waals surface area contributed by atoms with E-state index in [1.165, 1.54) is 0 Å². The summed E-state index contributed by atoms with van der Waals surface area (Å²) in [7, 11) is 1.87. The van der Waals surface area contributed by atoms with Crippen molar-refractivity contribution >= 4 is 5.71 Å². The van der Waals surface area contributed by atoms with Gasteiger partial charge in [-0.1, -0.05) is 6.92 Å². The minimum absolute atomic E-state index is 0.598. The second-order valence-corrected chi connectivity index (χ2v) is 1.96. The van der Waals surface area contributed by atoms with Crippen LogP contribution in [-0.4, -0.2) is 12.8 Å². The summed E-state index contributed by atoms with van der Waals surface area (Å²) in [6.45, 7) is 3.83. The van der Waals surface area contributed by atoms with Crippen LogP contribution < -0.4 is 5.32 Å². The predicted octanol–water partition coefficient (Wildman–Crippen LogP) is 1.54. The first-order valence-electron chi connectivity index (χ1n) is 3.14. The van der Waals surface area contributed by atoms with E-state index in [4.69, 9.17) is 5.41 Å². The minimum Gasteiger partial charge on any atom is -0.391 e. The van der Waals surface area contributed by atoms with E-state index in [0.717, 1.165) is 12.1 Å². The molecule has 0 bridgehead atoms. The molecule has 0 aromatic carbocycles. The molecule has 0 aromatic heterocycles. The number of hydrogen-bond donors (Lipinski definition) is 2. The molecule has 0 saturated heterocycles. The molecule has 0 rings (SSSR count). The van der Waals surface area contributed by atoms with Crippen LogP contribution in [0.25, 0.3) is 0 Å². The Hall–Kier alpha value is -0.790. The van der Waals surface area contributed by atoms with E-state index in [0.29, 0.717) is 5.71 Å². The summed E-state index contributed by atoms with van der Waals surface area (Å²) in [6.07, 6.45) is 2.80. The average molecular weight is 126 g/mol. The number of rotatable bonds is 3. The molecule has 0 amide bonds. The maximum Gasteiger partial charge on any atom is 0.0300 e. The van der Waals surface area contributed by atoms with Gasteiger partial charge < -0.3 is 10.7 Å². The highest BCUT2D eigenvalue weighted by Crippen LogP contribution is 1.93. The summed E-state index contributed by atoms with van der Waals surface area (Å²) in [5.74, 6) is 0. The van der Waals surface area contributed by atoms with E-state index >= 15 is 0 Å². The lowest BCUT2D eigenvalue weighted by atomic mass is 10.3. The van der Waals surface area contributed by atoms with Crippen LogP contribution in [0.5, 0.6) is 0 Å². The van der Waals surface area contributed by atoms with Crippen LogP contribution in [0.1, 0.15) is 20.3 Å². The first-order chi connectivity index (χ1) is 4.20. The van der Waals surface area contributed by atoms with Gasteiger partial charge in [0, 0.05) is 18.5 Å². The van der Waals surface area contributed by atoms with Gasteiger partial charge in [-0.05, 0) is 19.4 Å². The lowest BCUT2D eigenvalue weighted by Gasteiger charge is -2.00. The second-order valence-electron chi connectivity index (χ2n) is 1.96. The van der Waals surface area contributed by atoms with Gasteiger partial charge in [0.1, 0.15) is 0 Å². The van der Waals surface area contributed by atoms with Gasteiger partial charge in [0.15, 0.2) is 0 Å². The van der Waals surface area contributed by atoms with E-state index in [2.05, 4.69) is 12.2 Å². The molecule has 0 aliphatic heterocycles. The van der Waals surface area contributed by atoms with Crippen LogP contribution >= 0.6 is 0 Å². The average Bonchev–Trinajstić information content (AvgIpc) is 1.82. The maximum absolute atomic E-state index is 7.12. The zero-order valence-electron chi connectivity index (χ0n) is 6.28. The SMILES string of the molecule is CC/C(=C/C(C)=N)NC. The van der Waals surface area contributed by atoms with Crippen molar-refractivity contribution in [3.8, 4) is 0 Å². The number of allylic oxidation sites excluding steroid dienone is 2. The fraction of sp³-hybridized carbons (Fsp3) is 0.571. The standard InChI is InChI=1S/C7H14N2/c1-4-7(9-3)5-6(2)8/h5,8-9H,4H2,1-3H3/b7-5-,8-6?. The molecule has 0 aliphatic rings. The van der Waals surface area contributed by atoms with Gasteiger partial charge in [0.25, 0.3) is 0 Å². The monoisotopic (exact) mass is 126 g/mol. The molecule has 9 heavy (non-hydrogen) atoms. The van der Waals surface area contributed by atoms with Crippen molar-refractivity contribution in [2.75, 3.05) is 7.05 Å². The van der Waals surface area contributed by atoms with Crippen molar-refractivity contribution in [3.63, 3.8) is 0 Å². The zero-order valence-corrected chi connectivity index (χ0v) is 6.28. The molecule has 0 unspecified atom stereocenters. The molecule has 2 heteroatoms. The number of nitrogens with one attached hydrogen (secondary N) is 2.